The molecule has 24 heavy (non-hydrogen) atoms. The van der Waals surface area contributed by atoms with Crippen molar-refractivity contribution < 1.29 is 14.4 Å². The maximum Gasteiger partial charge on any atom is 0.302 e. The first kappa shape index (κ1) is 17.3. The van der Waals surface area contributed by atoms with E-state index in [0.29, 0.717) is 5.57 Å². The Balaban J connectivity index is 2.32. The summed E-state index contributed by atoms with van der Waals surface area (Å²) in [4.78, 5) is 38.6. The van der Waals surface area contributed by atoms with Gasteiger partial charge >= 0.3 is 5.91 Å². The van der Waals surface area contributed by atoms with Gasteiger partial charge in [-0.3, -0.25) is 19.3 Å². The van der Waals surface area contributed by atoms with Crippen LogP contribution < -0.4 is 0 Å². The van der Waals surface area contributed by atoms with Crippen molar-refractivity contribution in [3.05, 3.63) is 83.4 Å². The van der Waals surface area contributed by atoms with Crippen molar-refractivity contribution in [2.75, 3.05) is 0 Å². The lowest BCUT2D eigenvalue weighted by atomic mass is 10.1. The van der Waals surface area contributed by atoms with Crippen molar-refractivity contribution in [3.63, 3.8) is 0 Å². The van der Waals surface area contributed by atoms with E-state index in [2.05, 4.69) is 0 Å². The van der Waals surface area contributed by atoms with Gasteiger partial charge in [-0.05, 0) is 19.4 Å². The van der Waals surface area contributed by atoms with E-state index in [1.165, 1.54) is 0 Å². The van der Waals surface area contributed by atoms with Crippen LogP contribution in [0.25, 0.3) is 0 Å². The molecule has 0 aromatic heterocycles. The van der Waals surface area contributed by atoms with E-state index in [0.717, 1.165) is 10.5 Å². The van der Waals surface area contributed by atoms with Crippen molar-refractivity contribution >= 4 is 17.6 Å². The van der Waals surface area contributed by atoms with Crippen LogP contribution in [-0.2, 0) is 16.1 Å². The Morgan fingerprint density at radius 1 is 0.875 bits per heavy atom. The topological polar surface area (TPSA) is 54.5 Å². The van der Waals surface area contributed by atoms with Gasteiger partial charge in [0.05, 0.1) is 6.54 Å². The highest BCUT2D eigenvalue weighted by Crippen LogP contribution is 2.12. The zero-order valence-corrected chi connectivity index (χ0v) is 13.7. The molecule has 2 amide bonds. The molecule has 0 unspecified atom stereocenters. The number of carbonyl (C=O) groups excluding carboxylic acids is 3. The third-order valence-electron chi connectivity index (χ3n) is 3.67. The summed E-state index contributed by atoms with van der Waals surface area (Å²) in [6.07, 6.45) is 1.63. The van der Waals surface area contributed by atoms with Crippen LogP contribution in [0.4, 0.5) is 0 Å². The van der Waals surface area contributed by atoms with Crippen molar-refractivity contribution in [1.29, 1.82) is 0 Å². The highest BCUT2D eigenvalue weighted by atomic mass is 16.2. The summed E-state index contributed by atoms with van der Waals surface area (Å²) in [5, 5.41) is 0. The average molecular weight is 321 g/mol. The van der Waals surface area contributed by atoms with Gasteiger partial charge in [-0.2, -0.15) is 0 Å². The van der Waals surface area contributed by atoms with Crippen molar-refractivity contribution in [3.8, 4) is 0 Å². The smallest absolute Gasteiger partial charge is 0.283 e. The summed E-state index contributed by atoms with van der Waals surface area (Å²) < 4.78 is 0. The highest BCUT2D eigenvalue weighted by molar-refractivity contribution is 6.45. The lowest BCUT2D eigenvalue weighted by Crippen LogP contribution is -2.41. The van der Waals surface area contributed by atoms with Gasteiger partial charge in [0, 0.05) is 11.1 Å². The molecule has 2 aromatic carbocycles. The minimum atomic E-state index is -0.823. The number of hydrogen-bond acceptors (Lipinski definition) is 3. The van der Waals surface area contributed by atoms with E-state index in [4.69, 9.17) is 0 Å². The predicted octanol–water partition coefficient (Wildman–Crippen LogP) is 3.39. The van der Waals surface area contributed by atoms with Crippen LogP contribution in [-0.4, -0.2) is 22.5 Å². The number of benzene rings is 2. The highest BCUT2D eigenvalue weighted by Gasteiger charge is 2.28. The summed E-state index contributed by atoms with van der Waals surface area (Å²) in [6, 6.07) is 17.4. The Labute approximate surface area is 141 Å². The number of carbonyl (C=O) groups is 3. The Morgan fingerprint density at radius 3 is 1.96 bits per heavy atom. The van der Waals surface area contributed by atoms with Gasteiger partial charge in [-0.25, -0.2) is 0 Å². The third kappa shape index (κ3) is 4.04. The largest absolute Gasteiger partial charge is 0.302 e. The Bertz CT molecular complexity index is 764. The second-order valence-electron chi connectivity index (χ2n) is 5.35. The predicted molar refractivity (Wildman–Crippen MR) is 92.2 cm³/mol. The SMILES string of the molecule is C/C=C(/C)C(=O)N(Cc1ccccc1)C(=O)C(=O)c1ccccc1. The number of hydrogen-bond donors (Lipinski definition) is 0. The van der Waals surface area contributed by atoms with E-state index in [-0.39, 0.29) is 12.1 Å². The van der Waals surface area contributed by atoms with Gasteiger partial charge in [-0.1, -0.05) is 66.7 Å². The van der Waals surface area contributed by atoms with Crippen LogP contribution in [0.5, 0.6) is 0 Å². The molecule has 0 saturated heterocycles. The fourth-order valence-corrected chi connectivity index (χ4v) is 2.17. The minimum Gasteiger partial charge on any atom is -0.283 e. The van der Waals surface area contributed by atoms with Crippen LogP contribution in [0.3, 0.4) is 0 Å². The number of rotatable bonds is 5. The first-order chi connectivity index (χ1) is 11.5. The molecule has 0 atom stereocenters. The van der Waals surface area contributed by atoms with Gasteiger partial charge in [0.15, 0.2) is 0 Å². The molecular weight excluding hydrogens is 302 g/mol. The zero-order chi connectivity index (χ0) is 17.5. The Morgan fingerprint density at radius 2 is 1.42 bits per heavy atom. The third-order valence-corrected chi connectivity index (χ3v) is 3.67. The van der Waals surface area contributed by atoms with Crippen LogP contribution in [0.1, 0.15) is 29.8 Å². The molecule has 0 saturated carbocycles. The lowest BCUT2D eigenvalue weighted by Gasteiger charge is -2.20. The van der Waals surface area contributed by atoms with Gasteiger partial charge in [-0.15, -0.1) is 0 Å². The van der Waals surface area contributed by atoms with E-state index in [9.17, 15) is 14.4 Å². The monoisotopic (exact) mass is 321 g/mol. The van der Waals surface area contributed by atoms with Gasteiger partial charge in [0.25, 0.3) is 11.7 Å². The van der Waals surface area contributed by atoms with Gasteiger partial charge in [0.2, 0.25) is 0 Å². The fourth-order valence-electron chi connectivity index (χ4n) is 2.17. The molecule has 0 N–H and O–H groups in total. The minimum absolute atomic E-state index is 0.0578. The molecule has 2 aromatic rings. The molecule has 0 fully saturated rings. The van der Waals surface area contributed by atoms with Crippen LogP contribution in [0.2, 0.25) is 0 Å². The first-order valence-corrected chi connectivity index (χ1v) is 7.67. The molecule has 0 aliphatic heterocycles. The summed E-state index contributed by atoms with van der Waals surface area (Å²) in [7, 11) is 0. The van der Waals surface area contributed by atoms with Gasteiger partial charge < -0.3 is 0 Å². The van der Waals surface area contributed by atoms with E-state index < -0.39 is 17.6 Å². The van der Waals surface area contributed by atoms with Crippen LogP contribution in [0.15, 0.2) is 72.3 Å². The molecule has 0 spiro atoms. The molecule has 0 heterocycles. The number of imide groups is 1. The molecule has 2 rings (SSSR count). The Kier molecular flexibility index (Phi) is 5.79. The number of nitrogens with zero attached hydrogens (tertiary/aromatic N) is 1. The van der Waals surface area contributed by atoms with Crippen molar-refractivity contribution in [2.45, 2.75) is 20.4 Å². The molecular formula is C20H19NO3. The Hall–Kier alpha value is -3.01. The fraction of sp³-hybridized carbons (Fsp3) is 0.150. The first-order valence-electron chi connectivity index (χ1n) is 7.67. The summed E-state index contributed by atoms with van der Waals surface area (Å²) in [5.74, 6) is -1.98. The zero-order valence-electron chi connectivity index (χ0n) is 13.7. The molecule has 0 bridgehead atoms. The van der Waals surface area contributed by atoms with E-state index in [1.54, 1.807) is 50.3 Å². The summed E-state index contributed by atoms with van der Waals surface area (Å²) >= 11 is 0. The van der Waals surface area contributed by atoms with Crippen molar-refractivity contribution in [2.24, 2.45) is 0 Å². The number of Topliss-reactive ketones (excluding diaryl/α,β-unsaturated/α-hetero) is 1. The van der Waals surface area contributed by atoms with Crippen LogP contribution >= 0.6 is 0 Å². The second-order valence-corrected chi connectivity index (χ2v) is 5.35. The average Bonchev–Trinajstić information content (AvgIpc) is 2.65. The van der Waals surface area contributed by atoms with Crippen molar-refractivity contribution in [1.82, 2.24) is 4.90 Å². The molecule has 4 nitrogen and oxygen atoms in total. The summed E-state index contributed by atoms with van der Waals surface area (Å²) in [5.41, 5.74) is 1.47. The molecule has 0 aliphatic rings. The standard InChI is InChI=1S/C20H19NO3/c1-3-15(2)19(23)21(14-16-10-6-4-7-11-16)20(24)18(22)17-12-8-5-9-13-17/h3-13H,14H2,1-2H3/b15-3-. The quantitative estimate of drug-likeness (QED) is 0.482. The normalized spacial score (nSPS) is 11.0. The number of allylic oxidation sites excluding steroid dienone is 1. The van der Waals surface area contributed by atoms with Gasteiger partial charge in [0.1, 0.15) is 0 Å². The van der Waals surface area contributed by atoms with E-state index in [1.807, 2.05) is 30.3 Å². The number of ketones is 1. The maximum absolute atomic E-state index is 12.6. The summed E-state index contributed by atoms with van der Waals surface area (Å²) in [6.45, 7) is 3.40. The molecule has 4 heteroatoms. The second kappa shape index (κ2) is 8.02. The van der Waals surface area contributed by atoms with Crippen LogP contribution in [0, 0.1) is 0 Å². The lowest BCUT2D eigenvalue weighted by molar-refractivity contribution is -0.140. The molecule has 122 valence electrons. The number of amides is 2. The maximum atomic E-state index is 12.6. The molecule has 0 aliphatic carbocycles. The molecule has 0 radical (unpaired) electrons. The van der Waals surface area contributed by atoms with E-state index >= 15 is 0 Å².